The highest BCUT2D eigenvalue weighted by Crippen LogP contribution is 2.24. The molecule has 0 spiro atoms. The van der Waals surface area contributed by atoms with Gasteiger partial charge in [-0.25, -0.2) is 4.98 Å². The third-order valence-electron chi connectivity index (χ3n) is 2.51. The van der Waals surface area contributed by atoms with Gasteiger partial charge >= 0.3 is 0 Å². The third kappa shape index (κ3) is 2.48. The molecule has 0 aliphatic heterocycles. The van der Waals surface area contributed by atoms with E-state index in [9.17, 15) is 4.79 Å². The average molecular weight is 247 g/mol. The van der Waals surface area contributed by atoms with Crippen molar-refractivity contribution in [3.8, 4) is 11.5 Å². The first-order valence-electron chi connectivity index (χ1n) is 5.33. The molecule has 0 bridgehead atoms. The highest BCUT2D eigenvalue weighted by Gasteiger charge is 2.07. The fourth-order valence-electron chi connectivity index (χ4n) is 1.46. The second-order valence-corrected chi connectivity index (χ2v) is 3.61. The Hall–Kier alpha value is -2.37. The summed E-state index contributed by atoms with van der Waals surface area (Å²) in [6, 6.07) is 5.02. The maximum atomic E-state index is 10.9. The molecular formula is C12H13N3O3. The van der Waals surface area contributed by atoms with Gasteiger partial charge in [0.2, 0.25) is 0 Å². The van der Waals surface area contributed by atoms with Gasteiger partial charge in [-0.3, -0.25) is 9.48 Å². The van der Waals surface area contributed by atoms with Crippen LogP contribution in [-0.2, 0) is 13.7 Å². The first kappa shape index (κ1) is 12.1. The molecule has 2 rings (SSSR count). The predicted molar refractivity (Wildman–Crippen MR) is 63.7 cm³/mol. The number of aryl methyl sites for hydroxylation is 1. The van der Waals surface area contributed by atoms with Gasteiger partial charge in [-0.15, -0.1) is 0 Å². The van der Waals surface area contributed by atoms with Crippen LogP contribution in [0.15, 0.2) is 24.5 Å². The maximum Gasteiger partial charge on any atom is 0.164 e. The number of hydrogen-bond donors (Lipinski definition) is 0. The smallest absolute Gasteiger partial charge is 0.164 e. The Morgan fingerprint density at radius 2 is 2.28 bits per heavy atom. The van der Waals surface area contributed by atoms with Crippen LogP contribution in [0.25, 0.3) is 0 Å². The summed E-state index contributed by atoms with van der Waals surface area (Å²) in [6.07, 6.45) is 2.19. The Morgan fingerprint density at radius 1 is 1.44 bits per heavy atom. The number of aromatic nitrogens is 3. The molecule has 0 saturated heterocycles. The summed E-state index contributed by atoms with van der Waals surface area (Å²) in [5.74, 6) is 1.77. The number of carbonyl (C=O) groups excluding carboxylic acids is 1. The zero-order valence-corrected chi connectivity index (χ0v) is 10.2. The fourth-order valence-corrected chi connectivity index (χ4v) is 1.46. The normalized spacial score (nSPS) is 10.1. The molecule has 0 aliphatic carbocycles. The molecular weight excluding hydrogens is 234 g/mol. The van der Waals surface area contributed by atoms with Crippen LogP contribution in [0, 0.1) is 0 Å². The van der Waals surface area contributed by atoms with Gasteiger partial charge in [0.15, 0.2) is 12.1 Å². The van der Waals surface area contributed by atoms with Crippen LogP contribution < -0.4 is 9.47 Å². The molecule has 6 nitrogen and oxygen atoms in total. The van der Waals surface area contributed by atoms with E-state index in [0.717, 1.165) is 6.29 Å². The van der Waals surface area contributed by atoms with Crippen LogP contribution in [0.3, 0.4) is 0 Å². The summed E-state index contributed by atoms with van der Waals surface area (Å²) in [4.78, 5) is 14.9. The van der Waals surface area contributed by atoms with Gasteiger partial charge in [0.1, 0.15) is 24.4 Å². The van der Waals surface area contributed by atoms with Gasteiger partial charge in [0, 0.05) is 13.1 Å². The van der Waals surface area contributed by atoms with Gasteiger partial charge in [-0.05, 0) is 12.1 Å². The van der Waals surface area contributed by atoms with E-state index in [1.54, 1.807) is 37.0 Å². The molecule has 0 aliphatic rings. The molecule has 0 N–H and O–H groups in total. The van der Waals surface area contributed by atoms with Gasteiger partial charge in [0.05, 0.1) is 12.7 Å². The van der Waals surface area contributed by atoms with E-state index in [1.165, 1.54) is 6.33 Å². The number of hydrogen-bond acceptors (Lipinski definition) is 5. The lowest BCUT2D eigenvalue weighted by Crippen LogP contribution is -2.05. The number of benzene rings is 1. The van der Waals surface area contributed by atoms with Crippen molar-refractivity contribution in [1.82, 2.24) is 14.8 Å². The first-order valence-corrected chi connectivity index (χ1v) is 5.33. The van der Waals surface area contributed by atoms with E-state index in [2.05, 4.69) is 10.1 Å². The highest BCUT2D eigenvalue weighted by molar-refractivity contribution is 5.79. The molecule has 6 heteroatoms. The van der Waals surface area contributed by atoms with Crippen molar-refractivity contribution >= 4 is 6.29 Å². The van der Waals surface area contributed by atoms with Crippen molar-refractivity contribution in [1.29, 1.82) is 0 Å². The Kier molecular flexibility index (Phi) is 3.57. The van der Waals surface area contributed by atoms with E-state index < -0.39 is 0 Å². The zero-order valence-electron chi connectivity index (χ0n) is 10.2. The van der Waals surface area contributed by atoms with Crippen LogP contribution in [0.2, 0.25) is 0 Å². The van der Waals surface area contributed by atoms with Crippen LogP contribution in [0.5, 0.6) is 11.5 Å². The van der Waals surface area contributed by atoms with E-state index in [-0.39, 0.29) is 6.61 Å². The number of carbonyl (C=O) groups is 1. The predicted octanol–water partition coefficient (Wildman–Crippen LogP) is 1.22. The Bertz CT molecular complexity index is 551. The summed E-state index contributed by atoms with van der Waals surface area (Å²) in [6.45, 7) is 0.241. The quantitative estimate of drug-likeness (QED) is 0.743. The summed E-state index contributed by atoms with van der Waals surface area (Å²) in [5, 5.41) is 3.94. The molecule has 18 heavy (non-hydrogen) atoms. The molecule has 2 aromatic rings. The molecule has 0 radical (unpaired) electrons. The van der Waals surface area contributed by atoms with Crippen LogP contribution in [0.1, 0.15) is 16.2 Å². The average Bonchev–Trinajstić information content (AvgIpc) is 2.81. The number of ether oxygens (including phenoxy) is 2. The molecule has 0 amide bonds. The minimum atomic E-state index is 0.241. The Morgan fingerprint density at radius 3 is 2.89 bits per heavy atom. The molecule has 0 fully saturated rings. The molecule has 94 valence electrons. The first-order chi connectivity index (χ1) is 8.74. The van der Waals surface area contributed by atoms with Crippen molar-refractivity contribution < 1.29 is 14.3 Å². The van der Waals surface area contributed by atoms with Crippen molar-refractivity contribution in [2.45, 2.75) is 6.61 Å². The van der Waals surface area contributed by atoms with Crippen LogP contribution in [-0.4, -0.2) is 28.2 Å². The molecule has 1 aromatic heterocycles. The SMILES string of the molecule is COc1ccc(C=O)c(OCc2ncnn2C)c1. The van der Waals surface area contributed by atoms with E-state index in [4.69, 9.17) is 9.47 Å². The number of nitrogens with zero attached hydrogens (tertiary/aromatic N) is 3. The fraction of sp³-hybridized carbons (Fsp3) is 0.250. The third-order valence-corrected chi connectivity index (χ3v) is 2.51. The maximum absolute atomic E-state index is 10.9. The number of rotatable bonds is 5. The molecule has 1 heterocycles. The molecule has 0 saturated carbocycles. The molecule has 0 unspecified atom stereocenters. The monoisotopic (exact) mass is 247 g/mol. The second kappa shape index (κ2) is 5.31. The van der Waals surface area contributed by atoms with E-state index >= 15 is 0 Å². The molecule has 0 atom stereocenters. The summed E-state index contributed by atoms with van der Waals surface area (Å²) in [7, 11) is 3.33. The topological polar surface area (TPSA) is 66.2 Å². The van der Waals surface area contributed by atoms with Crippen LogP contribution in [0.4, 0.5) is 0 Å². The van der Waals surface area contributed by atoms with Crippen LogP contribution >= 0.6 is 0 Å². The van der Waals surface area contributed by atoms with Gasteiger partial charge in [0.25, 0.3) is 0 Å². The number of methoxy groups -OCH3 is 1. The Labute approximate surface area is 104 Å². The lowest BCUT2D eigenvalue weighted by atomic mass is 10.2. The van der Waals surface area contributed by atoms with Crippen molar-refractivity contribution in [3.63, 3.8) is 0 Å². The molecule has 1 aromatic carbocycles. The lowest BCUT2D eigenvalue weighted by Gasteiger charge is -2.09. The second-order valence-electron chi connectivity index (χ2n) is 3.61. The summed E-state index contributed by atoms with van der Waals surface area (Å²) < 4.78 is 12.3. The minimum Gasteiger partial charge on any atom is -0.497 e. The highest BCUT2D eigenvalue weighted by atomic mass is 16.5. The van der Waals surface area contributed by atoms with Crippen molar-refractivity contribution in [2.75, 3.05) is 7.11 Å². The van der Waals surface area contributed by atoms with Crippen molar-refractivity contribution in [3.05, 3.63) is 35.9 Å². The standard InChI is InChI=1S/C12H13N3O3/c1-15-12(13-8-14-15)7-18-11-5-10(17-2)4-3-9(11)6-16/h3-6,8H,7H2,1-2H3. The summed E-state index contributed by atoms with van der Waals surface area (Å²) in [5.41, 5.74) is 0.470. The minimum absolute atomic E-state index is 0.241. The Balaban J connectivity index is 2.17. The van der Waals surface area contributed by atoms with Gasteiger partial charge in [-0.1, -0.05) is 0 Å². The lowest BCUT2D eigenvalue weighted by molar-refractivity contribution is 0.111. The van der Waals surface area contributed by atoms with Crippen molar-refractivity contribution in [2.24, 2.45) is 7.05 Å². The largest absolute Gasteiger partial charge is 0.497 e. The zero-order chi connectivity index (χ0) is 13.0. The van der Waals surface area contributed by atoms with E-state index in [0.29, 0.717) is 22.9 Å². The number of aldehydes is 1. The van der Waals surface area contributed by atoms with E-state index in [1.807, 2.05) is 0 Å². The summed E-state index contributed by atoms with van der Waals surface area (Å²) >= 11 is 0. The van der Waals surface area contributed by atoms with Gasteiger partial charge in [-0.2, -0.15) is 5.10 Å². The van der Waals surface area contributed by atoms with Gasteiger partial charge < -0.3 is 9.47 Å².